The molecule has 10 atom stereocenters. The van der Waals surface area contributed by atoms with Crippen molar-refractivity contribution in [3.63, 3.8) is 0 Å². The minimum Gasteiger partial charge on any atom is -0.457 e. The average molecular weight is 609 g/mol. The molecule has 1 aliphatic carbocycles. The lowest BCUT2D eigenvalue weighted by atomic mass is 9.74. The molecule has 1 heterocycles. The first-order valence-electron chi connectivity index (χ1n) is 14.7. The molecular weight excluding hydrogens is 560 g/mol. The normalized spacial score (nSPS) is 35.5. The summed E-state index contributed by atoms with van der Waals surface area (Å²) in [6.45, 7) is 19.6. The molecule has 0 aromatic carbocycles. The number of aliphatic hydroxyl groups excluding tert-OH is 1. The van der Waals surface area contributed by atoms with Crippen molar-refractivity contribution in [3.05, 3.63) is 35.5 Å². The molecule has 0 spiro atoms. The van der Waals surface area contributed by atoms with E-state index < -0.39 is 83.5 Å². The maximum absolute atomic E-state index is 13.2. The monoisotopic (exact) mass is 608 g/mol. The van der Waals surface area contributed by atoms with E-state index in [1.807, 2.05) is 6.92 Å². The second-order valence-electron chi connectivity index (χ2n) is 12.0. The molecule has 242 valence electrons. The Hall–Kier alpha value is -3.02. The maximum Gasteiger partial charge on any atom is 0.333 e. The molecule has 43 heavy (non-hydrogen) atoms. The van der Waals surface area contributed by atoms with Gasteiger partial charge in [0.2, 0.25) is 0 Å². The Morgan fingerprint density at radius 3 is 1.88 bits per heavy atom. The number of aliphatic hydroxyl groups is 2. The van der Waals surface area contributed by atoms with Gasteiger partial charge in [0.25, 0.3) is 0 Å². The number of ether oxygens (including phenoxy) is 5. The fraction of sp³-hybridized carbons (Fsp3) is 0.688. The van der Waals surface area contributed by atoms with Gasteiger partial charge >= 0.3 is 23.9 Å². The van der Waals surface area contributed by atoms with E-state index in [4.69, 9.17) is 23.7 Å². The van der Waals surface area contributed by atoms with Gasteiger partial charge in [-0.25, -0.2) is 9.59 Å². The van der Waals surface area contributed by atoms with Crippen LogP contribution in [0.15, 0.2) is 35.5 Å². The van der Waals surface area contributed by atoms with Crippen molar-refractivity contribution in [2.75, 3.05) is 0 Å². The number of hydrogen-bond donors (Lipinski definition) is 2. The van der Waals surface area contributed by atoms with E-state index in [0.717, 1.165) is 6.92 Å². The number of carbonyl (C=O) groups excluding carboxylic acids is 4. The fourth-order valence-corrected chi connectivity index (χ4v) is 5.07. The van der Waals surface area contributed by atoms with Gasteiger partial charge < -0.3 is 33.9 Å². The number of fused-ring (bicyclic) bond motifs is 1. The van der Waals surface area contributed by atoms with Gasteiger partial charge in [-0.1, -0.05) is 38.2 Å². The van der Waals surface area contributed by atoms with Crippen LogP contribution in [-0.2, 0) is 42.9 Å². The van der Waals surface area contributed by atoms with Crippen LogP contribution in [0.3, 0.4) is 0 Å². The molecule has 2 fully saturated rings. The molecule has 10 unspecified atom stereocenters. The molecule has 0 aromatic rings. The Morgan fingerprint density at radius 2 is 1.44 bits per heavy atom. The Kier molecular flexibility index (Phi) is 11.9. The minimum absolute atomic E-state index is 0.217. The highest BCUT2D eigenvalue weighted by molar-refractivity contribution is 5.88. The van der Waals surface area contributed by atoms with Crippen molar-refractivity contribution in [2.45, 2.75) is 130 Å². The maximum atomic E-state index is 13.2. The summed E-state index contributed by atoms with van der Waals surface area (Å²) >= 11 is 0. The molecule has 1 aliphatic heterocycles. The SMILES string of the molecule is C=C(C)C1CC(O)C(C)(O)C(OC(=O)C(C)=CC)C(OC(C)=O)C2OC2(C)C(OC(=O)C(C)=CC)C1OC(=O)C(C)CC. The summed E-state index contributed by atoms with van der Waals surface area (Å²) in [5.41, 5.74) is -2.67. The lowest BCUT2D eigenvalue weighted by Gasteiger charge is -2.44. The first-order valence-corrected chi connectivity index (χ1v) is 14.7. The molecule has 0 bridgehead atoms. The van der Waals surface area contributed by atoms with Crippen molar-refractivity contribution < 1.29 is 53.1 Å². The summed E-state index contributed by atoms with van der Waals surface area (Å²) in [5, 5.41) is 23.4. The molecule has 0 amide bonds. The van der Waals surface area contributed by atoms with Gasteiger partial charge in [0, 0.05) is 24.0 Å². The van der Waals surface area contributed by atoms with Gasteiger partial charge in [0.15, 0.2) is 18.3 Å². The number of carbonyl (C=O) groups is 4. The number of epoxide rings is 1. The zero-order valence-corrected chi connectivity index (χ0v) is 27.0. The first kappa shape index (κ1) is 36.2. The molecule has 2 aliphatic rings. The van der Waals surface area contributed by atoms with E-state index in [1.54, 1.807) is 47.6 Å². The van der Waals surface area contributed by atoms with Crippen molar-refractivity contribution in [1.82, 2.24) is 0 Å². The third-order valence-corrected chi connectivity index (χ3v) is 8.65. The van der Waals surface area contributed by atoms with E-state index in [9.17, 15) is 29.4 Å². The van der Waals surface area contributed by atoms with Crippen LogP contribution in [0.25, 0.3) is 0 Å². The quantitative estimate of drug-likeness (QED) is 0.130. The highest BCUT2D eigenvalue weighted by Gasteiger charge is 2.71. The Morgan fingerprint density at radius 1 is 0.930 bits per heavy atom. The van der Waals surface area contributed by atoms with Crippen LogP contribution in [-0.4, -0.2) is 81.9 Å². The summed E-state index contributed by atoms with van der Waals surface area (Å²) in [5.74, 6) is -4.19. The van der Waals surface area contributed by atoms with Crippen LogP contribution < -0.4 is 0 Å². The summed E-state index contributed by atoms with van der Waals surface area (Å²) in [7, 11) is 0. The molecule has 0 radical (unpaired) electrons. The summed E-state index contributed by atoms with van der Waals surface area (Å²) in [6.07, 6.45) is -4.99. The predicted molar refractivity (Wildman–Crippen MR) is 156 cm³/mol. The van der Waals surface area contributed by atoms with Crippen molar-refractivity contribution in [2.24, 2.45) is 11.8 Å². The van der Waals surface area contributed by atoms with Crippen molar-refractivity contribution in [3.8, 4) is 0 Å². The van der Waals surface area contributed by atoms with Crippen LogP contribution in [0.2, 0.25) is 0 Å². The van der Waals surface area contributed by atoms with Crippen LogP contribution in [0, 0.1) is 11.8 Å². The number of esters is 4. The van der Waals surface area contributed by atoms with Gasteiger partial charge in [0.1, 0.15) is 23.4 Å². The van der Waals surface area contributed by atoms with Crippen LogP contribution in [0.1, 0.15) is 82.1 Å². The number of rotatable bonds is 9. The summed E-state index contributed by atoms with van der Waals surface area (Å²) in [4.78, 5) is 51.7. The standard InChI is InChI=1S/C32H48O11/c1-12-17(6)28(35)40-23-21(16(4)5)15-22(34)31(10,38)25(41-29(36)18(7)13-2)24(39-20(9)33)27-32(11,43-27)26(23)42-30(37)19(8)14-3/h13-14,17,21-27,34,38H,4,12,15H2,1-3,5-11H3. The second-order valence-corrected chi connectivity index (χ2v) is 12.0. The molecule has 11 nitrogen and oxygen atoms in total. The third kappa shape index (κ3) is 7.93. The van der Waals surface area contributed by atoms with Gasteiger partial charge in [0.05, 0.1) is 12.0 Å². The molecule has 11 heteroatoms. The van der Waals surface area contributed by atoms with E-state index in [1.165, 1.54) is 19.9 Å². The van der Waals surface area contributed by atoms with E-state index in [0.29, 0.717) is 12.0 Å². The van der Waals surface area contributed by atoms with Gasteiger partial charge in [-0.05, 0) is 61.3 Å². The summed E-state index contributed by atoms with van der Waals surface area (Å²) in [6, 6.07) is 0. The first-order chi connectivity index (χ1) is 19.9. The average Bonchev–Trinajstić information content (AvgIpc) is 3.64. The van der Waals surface area contributed by atoms with E-state index >= 15 is 0 Å². The van der Waals surface area contributed by atoms with Gasteiger partial charge in [-0.2, -0.15) is 0 Å². The van der Waals surface area contributed by atoms with E-state index in [-0.39, 0.29) is 17.6 Å². The second kappa shape index (κ2) is 14.2. The van der Waals surface area contributed by atoms with Gasteiger partial charge in [-0.3, -0.25) is 9.59 Å². The Labute approximate surface area is 254 Å². The zero-order chi connectivity index (χ0) is 33.0. The Balaban J connectivity index is 2.84. The Bertz CT molecular complexity index is 1150. The zero-order valence-electron chi connectivity index (χ0n) is 27.0. The predicted octanol–water partition coefficient (Wildman–Crippen LogP) is 3.50. The molecule has 0 aromatic heterocycles. The van der Waals surface area contributed by atoms with Crippen molar-refractivity contribution in [1.29, 1.82) is 0 Å². The summed E-state index contributed by atoms with van der Waals surface area (Å²) < 4.78 is 29.5. The van der Waals surface area contributed by atoms with Crippen LogP contribution >= 0.6 is 0 Å². The highest BCUT2D eigenvalue weighted by Crippen LogP contribution is 2.51. The molecule has 1 saturated heterocycles. The minimum atomic E-state index is -2.19. The topological polar surface area (TPSA) is 158 Å². The third-order valence-electron chi connectivity index (χ3n) is 8.65. The molecular formula is C32H48O11. The lowest BCUT2D eigenvalue weighted by Crippen LogP contribution is -2.62. The highest BCUT2D eigenvalue weighted by atomic mass is 16.7. The number of allylic oxidation sites excluding steroid dienone is 2. The van der Waals surface area contributed by atoms with Crippen LogP contribution in [0.5, 0.6) is 0 Å². The van der Waals surface area contributed by atoms with Crippen LogP contribution in [0.4, 0.5) is 0 Å². The van der Waals surface area contributed by atoms with Crippen molar-refractivity contribution >= 4 is 23.9 Å². The lowest BCUT2D eigenvalue weighted by molar-refractivity contribution is -0.211. The van der Waals surface area contributed by atoms with E-state index in [2.05, 4.69) is 6.58 Å². The molecule has 2 rings (SSSR count). The smallest absolute Gasteiger partial charge is 0.333 e. The van der Waals surface area contributed by atoms with Gasteiger partial charge in [-0.15, -0.1) is 0 Å². The largest absolute Gasteiger partial charge is 0.457 e. The molecule has 1 saturated carbocycles. The molecule has 2 N–H and O–H groups in total. The number of hydrogen-bond acceptors (Lipinski definition) is 11. The fourth-order valence-electron chi connectivity index (χ4n) is 5.07.